The van der Waals surface area contributed by atoms with Crippen LogP contribution in [0, 0.1) is 0 Å². The van der Waals surface area contributed by atoms with E-state index in [0.29, 0.717) is 5.56 Å². The number of rotatable bonds is 4. The smallest absolute Gasteiger partial charge is 0.340 e. The Kier molecular flexibility index (Phi) is 4.14. The van der Waals surface area contributed by atoms with Crippen molar-refractivity contribution in [1.82, 2.24) is 4.98 Å². The highest BCUT2D eigenvalue weighted by Gasteiger charge is 2.13. The minimum Gasteiger partial charge on any atom is -0.452 e. The second kappa shape index (κ2) is 6.39. The maximum absolute atomic E-state index is 11.8. The summed E-state index contributed by atoms with van der Waals surface area (Å²) in [6.45, 7) is -0.315. The molecule has 1 aliphatic rings. The van der Waals surface area contributed by atoms with Crippen molar-refractivity contribution >= 4 is 17.6 Å². The van der Waals surface area contributed by atoms with Crippen LogP contribution in [0.25, 0.3) is 0 Å². The van der Waals surface area contributed by atoms with Crippen molar-refractivity contribution in [2.24, 2.45) is 0 Å². The number of aryl methyl sites for hydroxylation is 2. The molecule has 0 aliphatic heterocycles. The summed E-state index contributed by atoms with van der Waals surface area (Å²) in [5, 5.41) is 2.75. The third kappa shape index (κ3) is 3.31. The molecule has 1 aromatic carbocycles. The number of ether oxygens (including phenoxy) is 1. The standard InChI is InChI=1S/C17H16N2O3/c20-16(11-22-17(21)14-5-2-8-18-10-14)19-15-7-6-12-3-1-4-13(12)9-15/h2,5-10H,1,3-4,11H2,(H,19,20). The van der Waals surface area contributed by atoms with Crippen LogP contribution in [0.4, 0.5) is 5.69 Å². The fourth-order valence-electron chi connectivity index (χ4n) is 2.54. The van der Waals surface area contributed by atoms with Gasteiger partial charge in [0.2, 0.25) is 0 Å². The first-order chi connectivity index (χ1) is 10.7. The molecular weight excluding hydrogens is 280 g/mol. The van der Waals surface area contributed by atoms with Gasteiger partial charge in [0, 0.05) is 18.1 Å². The van der Waals surface area contributed by atoms with E-state index < -0.39 is 5.97 Å². The highest BCUT2D eigenvalue weighted by molar-refractivity contribution is 5.95. The highest BCUT2D eigenvalue weighted by atomic mass is 16.5. The van der Waals surface area contributed by atoms with Crippen molar-refractivity contribution in [3.63, 3.8) is 0 Å². The zero-order chi connectivity index (χ0) is 15.4. The number of nitrogens with zero attached hydrogens (tertiary/aromatic N) is 1. The van der Waals surface area contributed by atoms with E-state index in [1.165, 1.54) is 17.3 Å². The molecule has 0 unspecified atom stereocenters. The molecule has 0 fully saturated rings. The number of aromatic nitrogens is 1. The molecule has 1 N–H and O–H groups in total. The lowest BCUT2D eigenvalue weighted by atomic mass is 10.1. The number of pyridine rings is 1. The molecule has 5 nitrogen and oxygen atoms in total. The first kappa shape index (κ1) is 14.3. The van der Waals surface area contributed by atoms with Gasteiger partial charge in [0.25, 0.3) is 5.91 Å². The molecule has 1 aliphatic carbocycles. The fraction of sp³-hybridized carbons (Fsp3) is 0.235. The minimum atomic E-state index is -0.558. The van der Waals surface area contributed by atoms with Crippen molar-refractivity contribution < 1.29 is 14.3 Å². The number of hydrogen-bond acceptors (Lipinski definition) is 4. The number of carbonyl (C=O) groups is 2. The van der Waals surface area contributed by atoms with Gasteiger partial charge in [0.1, 0.15) is 0 Å². The van der Waals surface area contributed by atoms with Gasteiger partial charge >= 0.3 is 5.97 Å². The third-order valence-electron chi connectivity index (χ3n) is 3.61. The Morgan fingerprint density at radius 1 is 1.18 bits per heavy atom. The van der Waals surface area contributed by atoms with Crippen LogP contribution in [0.3, 0.4) is 0 Å². The second-order valence-electron chi connectivity index (χ2n) is 5.20. The third-order valence-corrected chi connectivity index (χ3v) is 3.61. The predicted octanol–water partition coefficient (Wildman–Crippen LogP) is 2.37. The Hall–Kier alpha value is -2.69. The van der Waals surface area contributed by atoms with E-state index in [1.807, 2.05) is 18.2 Å². The van der Waals surface area contributed by atoms with Gasteiger partial charge in [-0.2, -0.15) is 0 Å². The number of esters is 1. The summed E-state index contributed by atoms with van der Waals surface area (Å²) in [4.78, 5) is 27.4. The van der Waals surface area contributed by atoms with Crippen LogP contribution in [0.5, 0.6) is 0 Å². The normalized spacial score (nSPS) is 12.5. The molecule has 22 heavy (non-hydrogen) atoms. The van der Waals surface area contributed by atoms with Crippen molar-refractivity contribution in [2.45, 2.75) is 19.3 Å². The van der Waals surface area contributed by atoms with E-state index >= 15 is 0 Å². The first-order valence-corrected chi connectivity index (χ1v) is 7.21. The lowest BCUT2D eigenvalue weighted by Crippen LogP contribution is -2.21. The molecule has 1 heterocycles. The van der Waals surface area contributed by atoms with Gasteiger partial charge in [-0.15, -0.1) is 0 Å². The summed E-state index contributed by atoms with van der Waals surface area (Å²) in [5.41, 5.74) is 3.70. The summed E-state index contributed by atoms with van der Waals surface area (Å²) in [6, 6.07) is 9.14. The molecule has 0 saturated carbocycles. The number of anilines is 1. The lowest BCUT2D eigenvalue weighted by molar-refractivity contribution is -0.119. The van der Waals surface area contributed by atoms with Crippen molar-refractivity contribution in [2.75, 3.05) is 11.9 Å². The monoisotopic (exact) mass is 296 g/mol. The molecule has 1 amide bonds. The first-order valence-electron chi connectivity index (χ1n) is 7.21. The van der Waals surface area contributed by atoms with Gasteiger partial charge < -0.3 is 10.1 Å². The summed E-state index contributed by atoms with van der Waals surface area (Å²) < 4.78 is 4.96. The minimum absolute atomic E-state index is 0.315. The number of carbonyl (C=O) groups excluding carboxylic acids is 2. The molecule has 1 aromatic heterocycles. The number of benzene rings is 1. The summed E-state index contributed by atoms with van der Waals surface area (Å²) >= 11 is 0. The van der Waals surface area contributed by atoms with Crippen LogP contribution < -0.4 is 5.32 Å². The molecule has 0 saturated heterocycles. The van der Waals surface area contributed by atoms with E-state index in [0.717, 1.165) is 24.9 Å². The van der Waals surface area contributed by atoms with Crippen molar-refractivity contribution in [3.05, 3.63) is 59.4 Å². The van der Waals surface area contributed by atoms with E-state index in [4.69, 9.17) is 4.74 Å². The van der Waals surface area contributed by atoms with E-state index in [-0.39, 0.29) is 12.5 Å². The fourth-order valence-corrected chi connectivity index (χ4v) is 2.54. The van der Waals surface area contributed by atoms with Crippen molar-refractivity contribution in [3.8, 4) is 0 Å². The Bertz CT molecular complexity index is 698. The molecule has 0 spiro atoms. The van der Waals surface area contributed by atoms with Gasteiger partial charge in [-0.1, -0.05) is 6.07 Å². The van der Waals surface area contributed by atoms with Crippen LogP contribution in [-0.4, -0.2) is 23.5 Å². The second-order valence-corrected chi connectivity index (χ2v) is 5.20. The van der Waals surface area contributed by atoms with Crippen LogP contribution in [0.15, 0.2) is 42.7 Å². The maximum Gasteiger partial charge on any atom is 0.340 e. The maximum atomic E-state index is 11.8. The van der Waals surface area contributed by atoms with Crippen LogP contribution in [0.1, 0.15) is 27.9 Å². The SMILES string of the molecule is O=C(COC(=O)c1cccnc1)Nc1ccc2c(c1)CCC2. The van der Waals surface area contributed by atoms with Gasteiger partial charge in [0.15, 0.2) is 6.61 Å². The van der Waals surface area contributed by atoms with Crippen LogP contribution in [-0.2, 0) is 22.4 Å². The molecule has 0 bridgehead atoms. The van der Waals surface area contributed by atoms with Gasteiger partial charge in [0.05, 0.1) is 5.56 Å². The Labute approximate surface area is 128 Å². The van der Waals surface area contributed by atoms with Crippen LogP contribution >= 0.6 is 0 Å². The zero-order valence-corrected chi connectivity index (χ0v) is 12.0. The summed E-state index contributed by atoms with van der Waals surface area (Å²) in [6.07, 6.45) is 6.29. The average Bonchev–Trinajstić information content (AvgIpc) is 3.01. The van der Waals surface area contributed by atoms with E-state index in [1.54, 1.807) is 18.3 Å². The largest absolute Gasteiger partial charge is 0.452 e. The molecular formula is C17H16N2O3. The number of nitrogens with one attached hydrogen (secondary N) is 1. The topological polar surface area (TPSA) is 68.3 Å². The lowest BCUT2D eigenvalue weighted by Gasteiger charge is -2.08. The zero-order valence-electron chi connectivity index (χ0n) is 12.0. The molecule has 112 valence electrons. The number of hydrogen-bond donors (Lipinski definition) is 1. The Balaban J connectivity index is 1.53. The highest BCUT2D eigenvalue weighted by Crippen LogP contribution is 2.24. The van der Waals surface area contributed by atoms with Crippen LogP contribution in [0.2, 0.25) is 0 Å². The predicted molar refractivity (Wildman–Crippen MR) is 81.6 cm³/mol. The van der Waals surface area contributed by atoms with Crippen molar-refractivity contribution in [1.29, 1.82) is 0 Å². The summed E-state index contributed by atoms with van der Waals surface area (Å²) in [5.74, 6) is -0.910. The molecule has 5 heteroatoms. The van der Waals surface area contributed by atoms with Gasteiger partial charge in [-0.3, -0.25) is 9.78 Å². The average molecular weight is 296 g/mol. The summed E-state index contributed by atoms with van der Waals surface area (Å²) in [7, 11) is 0. The molecule has 3 rings (SSSR count). The Morgan fingerprint density at radius 3 is 2.86 bits per heavy atom. The Morgan fingerprint density at radius 2 is 2.05 bits per heavy atom. The molecule has 0 radical (unpaired) electrons. The molecule has 0 atom stereocenters. The van der Waals surface area contributed by atoms with E-state index in [9.17, 15) is 9.59 Å². The number of amides is 1. The quantitative estimate of drug-likeness (QED) is 0.879. The number of fused-ring (bicyclic) bond motifs is 1. The molecule has 2 aromatic rings. The van der Waals surface area contributed by atoms with Gasteiger partial charge in [-0.25, -0.2) is 4.79 Å². The van der Waals surface area contributed by atoms with Gasteiger partial charge in [-0.05, 0) is 54.7 Å². The van der Waals surface area contributed by atoms with E-state index in [2.05, 4.69) is 10.3 Å².